The molecule has 1 saturated heterocycles. The van der Waals surface area contributed by atoms with Crippen molar-refractivity contribution in [3.63, 3.8) is 0 Å². The van der Waals surface area contributed by atoms with E-state index in [1.165, 1.54) is 0 Å². The number of rotatable bonds is 4. The minimum Gasteiger partial charge on any atom is -0.480 e. The molecular weight excluding hydrogens is 268 g/mol. The Bertz CT molecular complexity index is 546. The topological polar surface area (TPSA) is 86.7 Å². The number of thioether (sulfide) groups is 1. The average Bonchev–Trinajstić information content (AvgIpc) is 2.57. The Morgan fingerprint density at radius 1 is 1.47 bits per heavy atom. The van der Waals surface area contributed by atoms with E-state index in [-0.39, 0.29) is 0 Å². The first kappa shape index (κ1) is 13.4. The van der Waals surface area contributed by atoms with Gasteiger partial charge in [0.25, 0.3) is 11.1 Å². The number of aryl methyl sites for hydroxylation is 1. The van der Waals surface area contributed by atoms with E-state index in [2.05, 4.69) is 5.32 Å². The fraction of sp³-hybridized carbons (Fsp3) is 0.250. The number of amides is 2. The molecule has 1 aromatic carbocycles. The summed E-state index contributed by atoms with van der Waals surface area (Å²) in [6.45, 7) is 1.31. The molecule has 0 aliphatic carbocycles. The first-order valence-electron chi connectivity index (χ1n) is 5.54. The van der Waals surface area contributed by atoms with Crippen LogP contribution < -0.4 is 5.32 Å². The maximum atomic E-state index is 11.9. The Kier molecular flexibility index (Phi) is 3.75. The number of aliphatic carboxylic acids is 1. The number of carbonyl (C=O) groups is 3. The Labute approximate surface area is 113 Å². The normalized spacial score (nSPS) is 18.8. The molecule has 2 N–H and O–H groups in total. The van der Waals surface area contributed by atoms with E-state index < -0.39 is 29.0 Å². The van der Waals surface area contributed by atoms with E-state index in [9.17, 15) is 14.4 Å². The highest BCUT2D eigenvalue weighted by molar-refractivity contribution is 8.15. The molecule has 0 saturated carbocycles. The van der Waals surface area contributed by atoms with Gasteiger partial charge in [0.2, 0.25) is 0 Å². The number of benzene rings is 1. The molecule has 0 bridgehead atoms. The Balaban J connectivity index is 2.09. The van der Waals surface area contributed by atoms with Gasteiger partial charge in [-0.05, 0) is 36.4 Å². The molecule has 6 nitrogen and oxygen atoms in total. The van der Waals surface area contributed by atoms with Gasteiger partial charge < -0.3 is 10.4 Å². The monoisotopic (exact) mass is 280 g/mol. The quantitative estimate of drug-likeness (QED) is 0.869. The zero-order chi connectivity index (χ0) is 14.0. The van der Waals surface area contributed by atoms with Gasteiger partial charge in [-0.3, -0.25) is 19.3 Å². The highest BCUT2D eigenvalue weighted by atomic mass is 32.2. The second kappa shape index (κ2) is 5.31. The van der Waals surface area contributed by atoms with Crippen LogP contribution in [0.1, 0.15) is 5.56 Å². The zero-order valence-electron chi connectivity index (χ0n) is 10.1. The van der Waals surface area contributed by atoms with Crippen molar-refractivity contribution in [3.8, 4) is 0 Å². The summed E-state index contributed by atoms with van der Waals surface area (Å²) in [7, 11) is 0. The van der Waals surface area contributed by atoms with Crippen LogP contribution in [0.25, 0.3) is 0 Å². The summed E-state index contributed by atoms with van der Waals surface area (Å²) in [5, 5.41) is 10.3. The van der Waals surface area contributed by atoms with Crippen LogP contribution in [-0.2, 0) is 9.59 Å². The number of carbonyl (C=O) groups excluding carboxylic acids is 2. The predicted molar refractivity (Wildman–Crippen MR) is 70.9 cm³/mol. The van der Waals surface area contributed by atoms with Crippen LogP contribution in [-0.4, -0.2) is 39.0 Å². The molecule has 1 atom stereocenters. The third-order valence-electron chi connectivity index (χ3n) is 2.54. The predicted octanol–water partition coefficient (Wildman–Crippen LogP) is 1.51. The molecular formula is C12H12N2O4S. The number of carboxylic acid groups (broad SMARTS) is 1. The van der Waals surface area contributed by atoms with Crippen LogP contribution in [0, 0.1) is 6.92 Å². The van der Waals surface area contributed by atoms with E-state index in [0.29, 0.717) is 0 Å². The summed E-state index contributed by atoms with van der Waals surface area (Å²) in [6, 6.07) is 7.37. The number of carboxylic acids is 1. The number of hydrogen-bond donors (Lipinski definition) is 2. The lowest BCUT2D eigenvalue weighted by molar-refractivity contribution is -0.141. The molecule has 2 amide bonds. The summed E-state index contributed by atoms with van der Waals surface area (Å²) < 4.78 is 0. The fourth-order valence-corrected chi connectivity index (χ4v) is 2.61. The van der Waals surface area contributed by atoms with Gasteiger partial charge in [-0.2, -0.15) is 0 Å². The minimum atomic E-state index is -1.21. The Morgan fingerprint density at radius 3 is 2.84 bits per heavy atom. The minimum absolute atomic E-state index is 0.529. The molecule has 2 rings (SSSR count). The van der Waals surface area contributed by atoms with E-state index in [1.54, 1.807) is 6.07 Å². The second-order valence-corrected chi connectivity index (χ2v) is 5.15. The van der Waals surface area contributed by atoms with Gasteiger partial charge in [-0.25, -0.2) is 0 Å². The smallest absolute Gasteiger partial charge is 0.323 e. The third-order valence-corrected chi connectivity index (χ3v) is 3.52. The van der Waals surface area contributed by atoms with E-state index >= 15 is 0 Å². The molecule has 1 heterocycles. The lowest BCUT2D eigenvalue weighted by atomic mass is 10.2. The molecule has 19 heavy (non-hydrogen) atoms. The average molecular weight is 280 g/mol. The number of nitrogens with one attached hydrogen (secondary N) is 1. The summed E-state index contributed by atoms with van der Waals surface area (Å²) >= 11 is 0.787. The first-order chi connectivity index (χ1) is 8.97. The first-order valence-corrected chi connectivity index (χ1v) is 6.42. The standard InChI is InChI=1S/C12H12N2O4S/c1-7-3-2-4-8(5-7)13-10-11(17)14(6-9(15)16)12(18)19-10/h2-5,10,13H,6H2,1H3,(H,15,16)/t10-/m1/s1. The van der Waals surface area contributed by atoms with Crippen molar-refractivity contribution in [2.24, 2.45) is 0 Å². The van der Waals surface area contributed by atoms with E-state index in [4.69, 9.17) is 5.11 Å². The van der Waals surface area contributed by atoms with Gasteiger partial charge >= 0.3 is 5.97 Å². The Hall–Kier alpha value is -2.02. The van der Waals surface area contributed by atoms with Crippen LogP contribution in [0.5, 0.6) is 0 Å². The van der Waals surface area contributed by atoms with Gasteiger partial charge in [-0.1, -0.05) is 12.1 Å². The van der Waals surface area contributed by atoms with Crippen molar-refractivity contribution in [1.82, 2.24) is 4.90 Å². The van der Waals surface area contributed by atoms with Gasteiger partial charge in [-0.15, -0.1) is 0 Å². The maximum absolute atomic E-state index is 11.9. The van der Waals surface area contributed by atoms with Crippen molar-refractivity contribution in [2.75, 3.05) is 11.9 Å². The van der Waals surface area contributed by atoms with Crippen LogP contribution in [0.3, 0.4) is 0 Å². The Morgan fingerprint density at radius 2 is 2.21 bits per heavy atom. The van der Waals surface area contributed by atoms with E-state index in [1.807, 2.05) is 25.1 Å². The van der Waals surface area contributed by atoms with Gasteiger partial charge in [0.1, 0.15) is 6.54 Å². The highest BCUT2D eigenvalue weighted by Gasteiger charge is 2.40. The highest BCUT2D eigenvalue weighted by Crippen LogP contribution is 2.28. The molecule has 1 aliphatic heterocycles. The molecule has 0 aromatic heterocycles. The molecule has 100 valence electrons. The molecule has 1 aliphatic rings. The van der Waals surface area contributed by atoms with Crippen molar-refractivity contribution in [3.05, 3.63) is 29.8 Å². The largest absolute Gasteiger partial charge is 0.480 e. The number of anilines is 1. The van der Waals surface area contributed by atoms with Crippen LogP contribution in [0.15, 0.2) is 24.3 Å². The lowest BCUT2D eigenvalue weighted by Crippen LogP contribution is -2.37. The van der Waals surface area contributed by atoms with Gasteiger partial charge in [0.15, 0.2) is 5.37 Å². The molecule has 1 fully saturated rings. The van der Waals surface area contributed by atoms with Gasteiger partial charge in [0.05, 0.1) is 0 Å². The van der Waals surface area contributed by atoms with Crippen molar-refractivity contribution < 1.29 is 19.5 Å². The second-order valence-electron chi connectivity index (χ2n) is 4.10. The summed E-state index contributed by atoms with van der Waals surface area (Å²) in [5.74, 6) is -1.74. The fourth-order valence-electron chi connectivity index (χ4n) is 1.70. The number of hydrogen-bond acceptors (Lipinski definition) is 5. The molecule has 7 heteroatoms. The zero-order valence-corrected chi connectivity index (χ0v) is 10.9. The van der Waals surface area contributed by atoms with Crippen LogP contribution in [0.2, 0.25) is 0 Å². The van der Waals surface area contributed by atoms with E-state index in [0.717, 1.165) is 27.9 Å². The third kappa shape index (κ3) is 3.05. The molecule has 1 aromatic rings. The van der Waals surface area contributed by atoms with Crippen molar-refractivity contribution in [1.29, 1.82) is 0 Å². The summed E-state index contributed by atoms with van der Waals surface area (Å²) in [6.07, 6.45) is 0. The SMILES string of the molecule is Cc1cccc(N[C@@H]2SC(=O)N(CC(=O)O)C2=O)c1. The van der Waals surface area contributed by atoms with Crippen LogP contribution in [0.4, 0.5) is 10.5 Å². The molecule has 0 radical (unpaired) electrons. The summed E-state index contributed by atoms with van der Waals surface area (Å²) in [5.41, 5.74) is 1.74. The number of nitrogens with zero attached hydrogens (tertiary/aromatic N) is 1. The van der Waals surface area contributed by atoms with Crippen molar-refractivity contribution in [2.45, 2.75) is 12.3 Å². The van der Waals surface area contributed by atoms with Crippen LogP contribution >= 0.6 is 11.8 Å². The maximum Gasteiger partial charge on any atom is 0.323 e. The lowest BCUT2D eigenvalue weighted by Gasteiger charge is -2.13. The van der Waals surface area contributed by atoms with Gasteiger partial charge in [0, 0.05) is 5.69 Å². The van der Waals surface area contributed by atoms with Crippen molar-refractivity contribution >= 4 is 34.6 Å². The molecule has 0 spiro atoms. The molecule has 0 unspecified atom stereocenters. The summed E-state index contributed by atoms with van der Waals surface area (Å²) in [4.78, 5) is 34.8. The number of imide groups is 1.